The minimum atomic E-state index is -0.185. The molecule has 0 unspecified atom stereocenters. The van der Waals surface area contributed by atoms with Crippen LogP contribution in [0.3, 0.4) is 0 Å². The average Bonchev–Trinajstić information content (AvgIpc) is 2.43. The lowest BCUT2D eigenvalue weighted by molar-refractivity contribution is 0.0814. The SMILES string of the molecule is CC(C)(C#N)CCCCNCC1(CO)CCCCC1. The van der Waals surface area contributed by atoms with Gasteiger partial charge >= 0.3 is 0 Å². The molecule has 19 heavy (non-hydrogen) atoms. The van der Waals surface area contributed by atoms with Gasteiger partial charge in [0.2, 0.25) is 0 Å². The van der Waals surface area contributed by atoms with Crippen molar-refractivity contribution in [1.82, 2.24) is 5.32 Å². The predicted octanol–water partition coefficient (Wildman–Crippen LogP) is 3.24. The Labute approximate surface area is 118 Å². The van der Waals surface area contributed by atoms with Crippen LogP contribution in [0, 0.1) is 22.2 Å². The Bertz CT molecular complexity index is 288. The van der Waals surface area contributed by atoms with Crippen molar-refractivity contribution >= 4 is 0 Å². The Morgan fingerprint density at radius 3 is 2.47 bits per heavy atom. The van der Waals surface area contributed by atoms with Crippen LogP contribution >= 0.6 is 0 Å². The highest BCUT2D eigenvalue weighted by atomic mass is 16.3. The van der Waals surface area contributed by atoms with E-state index in [4.69, 9.17) is 5.26 Å². The summed E-state index contributed by atoms with van der Waals surface area (Å²) < 4.78 is 0. The van der Waals surface area contributed by atoms with E-state index in [1.54, 1.807) is 0 Å². The third kappa shape index (κ3) is 5.93. The minimum absolute atomic E-state index is 0.143. The van der Waals surface area contributed by atoms with Gasteiger partial charge in [-0.1, -0.05) is 25.7 Å². The van der Waals surface area contributed by atoms with Gasteiger partial charge in [-0.05, 0) is 46.1 Å². The smallest absolute Gasteiger partial charge is 0.0683 e. The number of nitrogens with one attached hydrogen (secondary N) is 1. The lowest BCUT2D eigenvalue weighted by Crippen LogP contribution is -2.39. The van der Waals surface area contributed by atoms with Gasteiger partial charge in [0.25, 0.3) is 0 Å². The maximum atomic E-state index is 9.61. The Hall–Kier alpha value is -0.590. The summed E-state index contributed by atoms with van der Waals surface area (Å²) in [5, 5.41) is 22.1. The molecule has 0 radical (unpaired) electrons. The largest absolute Gasteiger partial charge is 0.396 e. The second kappa shape index (κ2) is 7.87. The molecule has 110 valence electrons. The molecule has 1 saturated carbocycles. The van der Waals surface area contributed by atoms with Gasteiger partial charge in [0.15, 0.2) is 0 Å². The zero-order chi connectivity index (χ0) is 14.2. The summed E-state index contributed by atoms with van der Waals surface area (Å²) in [6.45, 7) is 6.28. The van der Waals surface area contributed by atoms with Gasteiger partial charge < -0.3 is 10.4 Å². The summed E-state index contributed by atoms with van der Waals surface area (Å²) in [5.41, 5.74) is -0.0418. The van der Waals surface area contributed by atoms with Crippen molar-refractivity contribution in [3.63, 3.8) is 0 Å². The number of hydrogen-bond donors (Lipinski definition) is 2. The Kier molecular flexibility index (Phi) is 6.82. The van der Waals surface area contributed by atoms with Gasteiger partial charge in [-0.3, -0.25) is 0 Å². The number of nitriles is 1. The van der Waals surface area contributed by atoms with Gasteiger partial charge in [-0.25, -0.2) is 0 Å². The zero-order valence-corrected chi connectivity index (χ0v) is 12.7. The quantitative estimate of drug-likeness (QED) is 0.663. The van der Waals surface area contributed by atoms with Crippen LogP contribution < -0.4 is 5.32 Å². The first-order valence-electron chi connectivity index (χ1n) is 7.76. The molecule has 3 nitrogen and oxygen atoms in total. The molecule has 1 rings (SSSR count). The van der Waals surface area contributed by atoms with Crippen molar-refractivity contribution in [3.05, 3.63) is 0 Å². The fourth-order valence-corrected chi connectivity index (χ4v) is 2.92. The number of aliphatic hydroxyl groups excluding tert-OH is 1. The third-order valence-electron chi connectivity index (χ3n) is 4.46. The lowest BCUT2D eigenvalue weighted by atomic mass is 9.74. The van der Waals surface area contributed by atoms with E-state index in [2.05, 4.69) is 11.4 Å². The van der Waals surface area contributed by atoms with Crippen LogP contribution in [0.2, 0.25) is 0 Å². The van der Waals surface area contributed by atoms with Gasteiger partial charge in [0.1, 0.15) is 0 Å². The monoisotopic (exact) mass is 266 g/mol. The molecular weight excluding hydrogens is 236 g/mol. The second-order valence-corrected chi connectivity index (χ2v) is 6.85. The molecular formula is C16H30N2O. The van der Waals surface area contributed by atoms with Crippen molar-refractivity contribution < 1.29 is 5.11 Å². The van der Waals surface area contributed by atoms with Crippen molar-refractivity contribution in [2.45, 2.75) is 65.2 Å². The van der Waals surface area contributed by atoms with Gasteiger partial charge in [-0.2, -0.15) is 5.26 Å². The van der Waals surface area contributed by atoms with E-state index in [1.807, 2.05) is 13.8 Å². The maximum absolute atomic E-state index is 9.61. The van der Waals surface area contributed by atoms with E-state index in [0.29, 0.717) is 6.61 Å². The molecule has 1 aliphatic rings. The first kappa shape index (κ1) is 16.5. The fraction of sp³-hybridized carbons (Fsp3) is 0.938. The molecule has 0 aromatic rings. The van der Waals surface area contributed by atoms with Crippen LogP contribution in [0.15, 0.2) is 0 Å². The van der Waals surface area contributed by atoms with E-state index in [1.165, 1.54) is 19.3 Å². The number of hydrogen-bond acceptors (Lipinski definition) is 3. The van der Waals surface area contributed by atoms with E-state index in [-0.39, 0.29) is 10.8 Å². The van der Waals surface area contributed by atoms with E-state index in [9.17, 15) is 5.11 Å². The molecule has 0 heterocycles. The van der Waals surface area contributed by atoms with E-state index < -0.39 is 0 Å². The van der Waals surface area contributed by atoms with Crippen molar-refractivity contribution in [2.75, 3.05) is 19.7 Å². The van der Waals surface area contributed by atoms with Crippen LogP contribution in [-0.4, -0.2) is 24.8 Å². The lowest BCUT2D eigenvalue weighted by Gasteiger charge is -2.35. The molecule has 2 N–H and O–H groups in total. The van der Waals surface area contributed by atoms with Crippen molar-refractivity contribution in [3.8, 4) is 6.07 Å². The average molecular weight is 266 g/mol. The van der Waals surface area contributed by atoms with Crippen LogP contribution in [0.5, 0.6) is 0 Å². The van der Waals surface area contributed by atoms with Gasteiger partial charge in [-0.15, -0.1) is 0 Å². The fourth-order valence-electron chi connectivity index (χ4n) is 2.92. The molecule has 0 amide bonds. The standard InChI is InChI=1S/C16H30N2O/c1-15(2,12-17)8-6-7-11-18-13-16(14-19)9-4-3-5-10-16/h18-19H,3-11,13-14H2,1-2H3. The third-order valence-corrected chi connectivity index (χ3v) is 4.46. The zero-order valence-electron chi connectivity index (χ0n) is 12.7. The Morgan fingerprint density at radius 1 is 1.21 bits per heavy atom. The van der Waals surface area contributed by atoms with Crippen LogP contribution in [0.25, 0.3) is 0 Å². The summed E-state index contributed by atoms with van der Waals surface area (Å²) in [5.74, 6) is 0. The number of nitrogens with zero attached hydrogens (tertiary/aromatic N) is 1. The van der Waals surface area contributed by atoms with Crippen LogP contribution in [0.4, 0.5) is 0 Å². The molecule has 0 aliphatic heterocycles. The van der Waals surface area contributed by atoms with Crippen LogP contribution in [0.1, 0.15) is 65.2 Å². The second-order valence-electron chi connectivity index (χ2n) is 6.85. The Balaban J connectivity index is 2.11. The number of unbranched alkanes of at least 4 members (excludes halogenated alkanes) is 1. The highest BCUT2D eigenvalue weighted by molar-refractivity contribution is 4.91. The molecule has 0 atom stereocenters. The summed E-state index contributed by atoms with van der Waals surface area (Å²) in [7, 11) is 0. The molecule has 0 saturated heterocycles. The summed E-state index contributed by atoms with van der Waals surface area (Å²) in [4.78, 5) is 0. The topological polar surface area (TPSA) is 56.0 Å². The summed E-state index contributed by atoms with van der Waals surface area (Å²) >= 11 is 0. The van der Waals surface area contributed by atoms with Gasteiger partial charge in [0, 0.05) is 18.6 Å². The minimum Gasteiger partial charge on any atom is -0.396 e. The van der Waals surface area contributed by atoms with E-state index >= 15 is 0 Å². The molecule has 0 bridgehead atoms. The first-order valence-corrected chi connectivity index (χ1v) is 7.76. The van der Waals surface area contributed by atoms with Crippen LogP contribution in [-0.2, 0) is 0 Å². The predicted molar refractivity (Wildman–Crippen MR) is 78.7 cm³/mol. The summed E-state index contributed by atoms with van der Waals surface area (Å²) in [6.07, 6.45) is 9.36. The van der Waals surface area contributed by atoms with Crippen molar-refractivity contribution in [2.24, 2.45) is 10.8 Å². The number of rotatable bonds is 8. The highest BCUT2D eigenvalue weighted by Gasteiger charge is 2.30. The molecule has 0 spiro atoms. The normalized spacial score (nSPS) is 19.1. The molecule has 1 aliphatic carbocycles. The molecule has 0 aromatic heterocycles. The summed E-state index contributed by atoms with van der Waals surface area (Å²) in [6, 6.07) is 2.35. The first-order chi connectivity index (χ1) is 9.04. The molecule has 1 fully saturated rings. The molecule has 0 aromatic carbocycles. The molecule has 3 heteroatoms. The maximum Gasteiger partial charge on any atom is 0.0683 e. The highest BCUT2D eigenvalue weighted by Crippen LogP contribution is 2.35. The van der Waals surface area contributed by atoms with Crippen molar-refractivity contribution in [1.29, 1.82) is 5.26 Å². The van der Waals surface area contributed by atoms with Gasteiger partial charge in [0.05, 0.1) is 11.5 Å². The Morgan fingerprint density at radius 2 is 1.89 bits per heavy atom. The number of aliphatic hydroxyl groups is 1. The van der Waals surface area contributed by atoms with E-state index in [0.717, 1.165) is 45.2 Å².